The third-order valence-electron chi connectivity index (χ3n) is 4.90. The third kappa shape index (κ3) is 4.51. The van der Waals surface area contributed by atoms with E-state index in [4.69, 9.17) is 4.74 Å². The van der Waals surface area contributed by atoms with Crippen LogP contribution in [0.25, 0.3) is 10.9 Å². The molecule has 0 saturated heterocycles. The van der Waals surface area contributed by atoms with Gasteiger partial charge in [0.2, 0.25) is 5.91 Å². The van der Waals surface area contributed by atoms with Gasteiger partial charge >= 0.3 is 0 Å². The summed E-state index contributed by atoms with van der Waals surface area (Å²) < 4.78 is 6.53. The Hall–Kier alpha value is -2.44. The summed E-state index contributed by atoms with van der Waals surface area (Å²) in [6, 6.07) is 16.3. The smallest absolute Gasteiger partial charge is 0.250 e. The molecule has 0 aliphatic heterocycles. The van der Waals surface area contributed by atoms with Crippen molar-refractivity contribution in [1.29, 1.82) is 0 Å². The average Bonchev–Trinajstić information content (AvgIpc) is 2.66. The molecular formula is C22H22BrN3O2. The number of aromatic nitrogens is 1. The first-order valence-corrected chi connectivity index (χ1v) is 10.2. The fraction of sp³-hybridized carbons (Fsp3) is 0.273. The van der Waals surface area contributed by atoms with Gasteiger partial charge in [0.05, 0.1) is 29.7 Å². The molecule has 0 spiro atoms. The van der Waals surface area contributed by atoms with Gasteiger partial charge in [-0.05, 0) is 43.0 Å². The minimum Gasteiger partial charge on any atom is -0.380 e. The number of hydrogen-bond donors (Lipinski definition) is 2. The molecule has 2 N–H and O–H groups in total. The van der Waals surface area contributed by atoms with E-state index in [2.05, 4.69) is 31.5 Å². The molecule has 144 valence electrons. The van der Waals surface area contributed by atoms with Gasteiger partial charge in [-0.2, -0.15) is 0 Å². The summed E-state index contributed by atoms with van der Waals surface area (Å²) in [7, 11) is 0. The molecule has 5 nitrogen and oxygen atoms in total. The summed E-state index contributed by atoms with van der Waals surface area (Å²) in [6.07, 6.45) is 5.24. The van der Waals surface area contributed by atoms with Crippen molar-refractivity contribution in [2.45, 2.75) is 31.9 Å². The number of ether oxygens (including phenoxy) is 1. The molecular weight excluding hydrogens is 418 g/mol. The molecule has 1 aromatic heterocycles. The highest BCUT2D eigenvalue weighted by Gasteiger charge is 2.20. The van der Waals surface area contributed by atoms with Crippen LogP contribution in [-0.4, -0.2) is 23.5 Å². The van der Waals surface area contributed by atoms with E-state index < -0.39 is 0 Å². The number of rotatable bonds is 7. The summed E-state index contributed by atoms with van der Waals surface area (Å²) in [5.41, 5.74) is 3.55. The lowest BCUT2D eigenvalue weighted by Gasteiger charge is -2.29. The van der Waals surface area contributed by atoms with Crippen molar-refractivity contribution in [3.63, 3.8) is 0 Å². The number of nitrogens with zero attached hydrogens (tertiary/aromatic N) is 1. The van der Waals surface area contributed by atoms with Crippen LogP contribution in [0.1, 0.15) is 24.8 Å². The Morgan fingerprint density at radius 2 is 2.00 bits per heavy atom. The second-order valence-corrected chi connectivity index (χ2v) is 7.92. The quantitative estimate of drug-likeness (QED) is 0.536. The van der Waals surface area contributed by atoms with E-state index in [1.807, 2.05) is 48.5 Å². The molecule has 1 amide bonds. The number of benzene rings is 2. The molecule has 0 atom stereocenters. The maximum Gasteiger partial charge on any atom is 0.250 e. The van der Waals surface area contributed by atoms with Crippen molar-refractivity contribution in [3.8, 4) is 0 Å². The third-order valence-corrected chi connectivity index (χ3v) is 5.40. The second-order valence-electron chi connectivity index (χ2n) is 7.01. The predicted octanol–water partition coefficient (Wildman–Crippen LogP) is 5.12. The first kappa shape index (κ1) is 18.9. The van der Waals surface area contributed by atoms with Crippen LogP contribution in [0.2, 0.25) is 0 Å². The van der Waals surface area contributed by atoms with Gasteiger partial charge in [-0.25, -0.2) is 0 Å². The molecule has 2 aromatic carbocycles. The average molecular weight is 440 g/mol. The van der Waals surface area contributed by atoms with Crippen LogP contribution in [0.3, 0.4) is 0 Å². The lowest BCUT2D eigenvalue weighted by Crippen LogP contribution is -2.28. The SMILES string of the molecule is O=C(COCc1ccccc1)Nc1cnc2cc(Br)ccc2c1NC1CCC1. The summed E-state index contributed by atoms with van der Waals surface area (Å²) in [5.74, 6) is -0.189. The molecule has 28 heavy (non-hydrogen) atoms. The first-order chi connectivity index (χ1) is 13.7. The molecule has 6 heteroatoms. The number of fused-ring (bicyclic) bond motifs is 1. The van der Waals surface area contributed by atoms with E-state index in [9.17, 15) is 4.79 Å². The number of carbonyl (C=O) groups is 1. The Labute approximate surface area is 172 Å². The van der Waals surface area contributed by atoms with Gasteiger partial charge in [0.1, 0.15) is 6.61 Å². The minimum absolute atomic E-state index is 0.00383. The van der Waals surface area contributed by atoms with Gasteiger partial charge in [-0.15, -0.1) is 0 Å². The summed E-state index contributed by atoms with van der Waals surface area (Å²) in [6.45, 7) is 0.404. The van der Waals surface area contributed by atoms with Crippen molar-refractivity contribution >= 4 is 44.1 Å². The number of amides is 1. The highest BCUT2D eigenvalue weighted by Crippen LogP contribution is 2.34. The summed E-state index contributed by atoms with van der Waals surface area (Å²) in [5, 5.41) is 7.54. The highest BCUT2D eigenvalue weighted by atomic mass is 79.9. The fourth-order valence-corrected chi connectivity index (χ4v) is 3.54. The van der Waals surface area contributed by atoms with Crippen LogP contribution in [0.5, 0.6) is 0 Å². The van der Waals surface area contributed by atoms with E-state index in [-0.39, 0.29) is 12.5 Å². The number of hydrogen-bond acceptors (Lipinski definition) is 4. The van der Waals surface area contributed by atoms with Gasteiger partial charge < -0.3 is 15.4 Å². The van der Waals surface area contributed by atoms with Gasteiger partial charge in [0, 0.05) is 15.9 Å². The van der Waals surface area contributed by atoms with E-state index in [0.717, 1.165) is 39.5 Å². The van der Waals surface area contributed by atoms with E-state index in [1.165, 1.54) is 6.42 Å². The number of nitrogens with one attached hydrogen (secondary N) is 2. The van der Waals surface area contributed by atoms with Gasteiger partial charge in [-0.3, -0.25) is 9.78 Å². The summed E-state index contributed by atoms with van der Waals surface area (Å²) in [4.78, 5) is 16.9. The maximum atomic E-state index is 12.4. The van der Waals surface area contributed by atoms with E-state index in [1.54, 1.807) is 6.20 Å². The predicted molar refractivity (Wildman–Crippen MR) is 115 cm³/mol. The Bertz CT molecular complexity index is 974. The number of halogens is 1. The fourth-order valence-electron chi connectivity index (χ4n) is 3.20. The lowest BCUT2D eigenvalue weighted by atomic mass is 9.92. The lowest BCUT2D eigenvalue weighted by molar-refractivity contribution is -0.121. The van der Waals surface area contributed by atoms with Crippen molar-refractivity contribution in [1.82, 2.24) is 4.98 Å². The first-order valence-electron chi connectivity index (χ1n) is 9.45. The van der Waals surface area contributed by atoms with E-state index in [0.29, 0.717) is 18.3 Å². The van der Waals surface area contributed by atoms with Crippen LogP contribution in [-0.2, 0) is 16.1 Å². The highest BCUT2D eigenvalue weighted by molar-refractivity contribution is 9.10. The van der Waals surface area contributed by atoms with Crippen LogP contribution >= 0.6 is 15.9 Å². The maximum absolute atomic E-state index is 12.4. The normalized spacial score (nSPS) is 13.9. The zero-order valence-electron chi connectivity index (χ0n) is 15.5. The largest absolute Gasteiger partial charge is 0.380 e. The minimum atomic E-state index is -0.189. The monoisotopic (exact) mass is 439 g/mol. The van der Waals surface area contributed by atoms with Crippen molar-refractivity contribution in [3.05, 3.63) is 64.8 Å². The van der Waals surface area contributed by atoms with Crippen LogP contribution in [0.15, 0.2) is 59.2 Å². The summed E-state index contributed by atoms with van der Waals surface area (Å²) >= 11 is 3.49. The van der Waals surface area contributed by atoms with Crippen molar-refractivity contribution < 1.29 is 9.53 Å². The molecule has 4 rings (SSSR count). The van der Waals surface area contributed by atoms with E-state index >= 15 is 0 Å². The van der Waals surface area contributed by atoms with Gasteiger partial charge in [-0.1, -0.05) is 46.3 Å². The zero-order valence-corrected chi connectivity index (χ0v) is 17.0. The molecule has 1 aliphatic carbocycles. The molecule has 1 saturated carbocycles. The molecule has 1 heterocycles. The van der Waals surface area contributed by atoms with Crippen molar-refractivity contribution in [2.75, 3.05) is 17.2 Å². The molecule has 0 radical (unpaired) electrons. The second kappa shape index (κ2) is 8.71. The molecule has 0 bridgehead atoms. The number of carbonyl (C=O) groups excluding carboxylic acids is 1. The number of anilines is 2. The molecule has 0 unspecified atom stereocenters. The molecule has 1 fully saturated rings. The molecule has 1 aliphatic rings. The van der Waals surface area contributed by atoms with Crippen LogP contribution in [0.4, 0.5) is 11.4 Å². The Balaban J connectivity index is 1.47. The van der Waals surface area contributed by atoms with Gasteiger partial charge in [0.15, 0.2) is 0 Å². The zero-order chi connectivity index (χ0) is 19.3. The number of pyridine rings is 1. The topological polar surface area (TPSA) is 63.2 Å². The Morgan fingerprint density at radius 3 is 2.75 bits per heavy atom. The van der Waals surface area contributed by atoms with Gasteiger partial charge in [0.25, 0.3) is 0 Å². The van der Waals surface area contributed by atoms with Crippen molar-refractivity contribution in [2.24, 2.45) is 0 Å². The van der Waals surface area contributed by atoms with Crippen LogP contribution in [0, 0.1) is 0 Å². The Kier molecular flexibility index (Phi) is 5.88. The standard InChI is InChI=1S/C22H22BrN3O2/c23-16-9-10-18-19(11-16)24-12-20(22(18)25-17-7-4-8-17)26-21(27)14-28-13-15-5-2-1-3-6-15/h1-3,5-6,9-12,17H,4,7-8,13-14H2,(H,24,25)(H,26,27). The van der Waals surface area contributed by atoms with Crippen LogP contribution < -0.4 is 10.6 Å². The Morgan fingerprint density at radius 1 is 1.18 bits per heavy atom. The molecule has 3 aromatic rings.